The third kappa shape index (κ3) is 5.12. The molecule has 0 radical (unpaired) electrons. The van der Waals surface area contributed by atoms with Gasteiger partial charge in [-0.2, -0.15) is 4.99 Å². The van der Waals surface area contributed by atoms with Gasteiger partial charge in [0.25, 0.3) is 0 Å². The van der Waals surface area contributed by atoms with Gasteiger partial charge in [-0.25, -0.2) is 4.99 Å². The molecule has 0 amide bonds. The average Bonchev–Trinajstić information content (AvgIpc) is 4.05. The highest BCUT2D eigenvalue weighted by molar-refractivity contribution is 6.20. The van der Waals surface area contributed by atoms with E-state index in [2.05, 4.69) is 236 Å². The van der Waals surface area contributed by atoms with Gasteiger partial charge in [-0.05, 0) is 60.7 Å². The van der Waals surface area contributed by atoms with Gasteiger partial charge >= 0.3 is 0 Å². The molecule has 65 heavy (non-hydrogen) atoms. The minimum absolute atomic E-state index is 0.557. The fourth-order valence-corrected chi connectivity index (χ4v) is 10.6. The highest BCUT2D eigenvalue weighted by Gasteiger charge is 2.25. The normalized spacial score (nSPS) is 13.3. The number of fused-ring (bicyclic) bond motifs is 12. The predicted octanol–water partition coefficient (Wildman–Crippen LogP) is 13.8. The van der Waals surface area contributed by atoms with Crippen LogP contribution in [0.3, 0.4) is 0 Å². The molecule has 4 aromatic heterocycles. The van der Waals surface area contributed by atoms with Crippen LogP contribution in [-0.4, -0.2) is 30.2 Å². The van der Waals surface area contributed by atoms with Crippen molar-refractivity contribution < 1.29 is 0 Å². The molecule has 0 spiro atoms. The van der Waals surface area contributed by atoms with E-state index in [1.54, 1.807) is 0 Å². The number of aromatic nitrogens is 4. The maximum atomic E-state index is 5.63. The first kappa shape index (κ1) is 35.6. The van der Waals surface area contributed by atoms with E-state index < -0.39 is 0 Å². The zero-order valence-electron chi connectivity index (χ0n) is 35.0. The Morgan fingerprint density at radius 3 is 1.18 bits per heavy atom. The zero-order valence-corrected chi connectivity index (χ0v) is 35.0. The van der Waals surface area contributed by atoms with Crippen LogP contribution in [0.4, 0.5) is 0 Å². The maximum absolute atomic E-state index is 5.63. The number of benzene rings is 9. The molecule has 7 nitrogen and oxygen atoms in total. The Morgan fingerprint density at radius 1 is 0.292 bits per heavy atom. The maximum Gasteiger partial charge on any atom is 0.238 e. The fraction of sp³-hybridized carbons (Fsp3) is 0. The molecule has 1 aliphatic rings. The zero-order chi connectivity index (χ0) is 42.6. The molecule has 7 heteroatoms. The lowest BCUT2D eigenvalue weighted by Crippen LogP contribution is -2.27. The Labute approximate surface area is 372 Å². The molecule has 13 aromatic rings. The van der Waals surface area contributed by atoms with Crippen molar-refractivity contribution in [3.05, 3.63) is 224 Å². The summed E-state index contributed by atoms with van der Waals surface area (Å²) < 4.78 is 9.28. The van der Waals surface area contributed by atoms with Crippen molar-refractivity contribution in [3.63, 3.8) is 0 Å². The van der Waals surface area contributed by atoms with Gasteiger partial charge < -0.3 is 14.5 Å². The lowest BCUT2D eigenvalue weighted by Gasteiger charge is -2.15. The van der Waals surface area contributed by atoms with Crippen LogP contribution < -0.4 is 5.32 Å². The Kier molecular flexibility index (Phi) is 7.55. The molecule has 1 N–H and O–H groups in total. The van der Waals surface area contributed by atoms with Crippen LogP contribution in [0, 0.1) is 0 Å². The van der Waals surface area contributed by atoms with Crippen LogP contribution in [0.2, 0.25) is 0 Å². The number of hydrogen-bond acceptors (Lipinski definition) is 3. The minimum atomic E-state index is 0.557. The van der Waals surface area contributed by atoms with Gasteiger partial charge in [-0.3, -0.25) is 9.13 Å². The lowest BCUT2D eigenvalue weighted by atomic mass is 10.1. The number of rotatable bonds is 3. The largest absolute Gasteiger partial charge is 0.330 e. The van der Waals surface area contributed by atoms with E-state index >= 15 is 0 Å². The second-order valence-electron chi connectivity index (χ2n) is 16.7. The number of hydrogen-bond donors (Lipinski definition) is 1. The third-order valence-electron chi connectivity index (χ3n) is 13.3. The molecule has 14 rings (SSSR count). The summed E-state index contributed by atoms with van der Waals surface area (Å²) in [5, 5.41) is 13.2. The van der Waals surface area contributed by atoms with Crippen LogP contribution in [0.15, 0.2) is 229 Å². The van der Waals surface area contributed by atoms with E-state index in [-0.39, 0.29) is 0 Å². The van der Waals surface area contributed by atoms with Crippen molar-refractivity contribution >= 4 is 105 Å². The first-order chi connectivity index (χ1) is 32.3. The highest BCUT2D eigenvalue weighted by atomic mass is 15.3. The van der Waals surface area contributed by atoms with Crippen molar-refractivity contribution in [2.75, 3.05) is 0 Å². The van der Waals surface area contributed by atoms with Crippen LogP contribution in [0.25, 0.3) is 104 Å². The molecule has 0 fully saturated rings. The Balaban J connectivity index is 1.03. The van der Waals surface area contributed by atoms with Crippen LogP contribution >= 0.6 is 0 Å². The van der Waals surface area contributed by atoms with Crippen molar-refractivity contribution in [2.45, 2.75) is 0 Å². The number of nitrogens with zero attached hydrogens (tertiary/aromatic N) is 6. The van der Waals surface area contributed by atoms with Gasteiger partial charge in [0.2, 0.25) is 11.9 Å². The van der Waals surface area contributed by atoms with Gasteiger partial charge in [-0.1, -0.05) is 152 Å². The molecule has 0 bridgehead atoms. The van der Waals surface area contributed by atoms with E-state index in [1.807, 2.05) is 6.20 Å². The molecule has 9 aromatic carbocycles. The van der Waals surface area contributed by atoms with E-state index in [9.17, 15) is 0 Å². The molecular formula is C58H37N7. The topological polar surface area (TPSA) is 56.5 Å². The molecule has 0 saturated carbocycles. The second-order valence-corrected chi connectivity index (χ2v) is 16.7. The Morgan fingerprint density at radius 2 is 0.662 bits per heavy atom. The van der Waals surface area contributed by atoms with Crippen LogP contribution in [0.1, 0.15) is 5.56 Å². The van der Waals surface area contributed by atoms with Crippen LogP contribution in [-0.2, 0) is 0 Å². The summed E-state index contributed by atoms with van der Waals surface area (Å²) in [6, 6.07) is 75.7. The first-order valence-electron chi connectivity index (χ1n) is 22.0. The summed E-state index contributed by atoms with van der Waals surface area (Å²) in [4.78, 5) is 11.2. The molecular weight excluding hydrogens is 795 g/mol. The summed E-state index contributed by atoms with van der Waals surface area (Å²) in [7, 11) is 0. The van der Waals surface area contributed by atoms with Crippen molar-refractivity contribution in [3.8, 4) is 11.4 Å². The number of aliphatic imine (C=N–C) groups is 2. The minimum Gasteiger partial charge on any atom is -0.330 e. The molecule has 5 heterocycles. The number of para-hydroxylation sites is 8. The summed E-state index contributed by atoms with van der Waals surface area (Å²) in [6.45, 7) is 0. The van der Waals surface area contributed by atoms with Gasteiger partial charge in [0.05, 0.1) is 61.2 Å². The molecule has 304 valence electrons. The Hall–Kier alpha value is -8.94. The average molecular weight is 832 g/mol. The molecule has 0 atom stereocenters. The smallest absolute Gasteiger partial charge is 0.238 e. The van der Waals surface area contributed by atoms with Gasteiger partial charge in [0.15, 0.2) is 0 Å². The third-order valence-corrected chi connectivity index (χ3v) is 13.3. The summed E-state index contributed by atoms with van der Waals surface area (Å²) >= 11 is 0. The van der Waals surface area contributed by atoms with E-state index in [1.165, 1.54) is 32.6 Å². The summed E-state index contributed by atoms with van der Waals surface area (Å²) in [6.07, 6.45) is 2.03. The second kappa shape index (κ2) is 13.8. The molecule has 0 aliphatic carbocycles. The summed E-state index contributed by atoms with van der Waals surface area (Å²) in [5.41, 5.74) is 12.6. The van der Waals surface area contributed by atoms with Crippen molar-refractivity contribution in [1.82, 2.24) is 23.6 Å². The monoisotopic (exact) mass is 831 g/mol. The number of nitrogens with one attached hydrogen (secondary N) is 1. The standard InChI is InChI=1S/C58H37N7/c1-9-26-46-37(18-1)38-19-2-10-27-47(38)62(46)54-34-17-35-55-56(54)44-25-8-16-33-53(44)63(55)52-32-15-7-24-43(52)45-36-59-57(64-48-28-11-3-20-39(48)40-21-4-12-29-49(40)64)61-58(60-45)65-50-30-13-5-22-41(50)42-23-6-14-31-51(42)65/h1-36H,(H,59,60,61). The van der Waals surface area contributed by atoms with Crippen LogP contribution in [0.5, 0.6) is 0 Å². The van der Waals surface area contributed by atoms with Crippen molar-refractivity contribution in [2.24, 2.45) is 9.98 Å². The predicted molar refractivity (Wildman–Crippen MR) is 271 cm³/mol. The fourth-order valence-electron chi connectivity index (χ4n) is 10.6. The van der Waals surface area contributed by atoms with E-state index in [0.29, 0.717) is 11.9 Å². The van der Waals surface area contributed by atoms with Gasteiger partial charge in [-0.15, -0.1) is 0 Å². The quantitative estimate of drug-likeness (QED) is 0.189. The first-order valence-corrected chi connectivity index (χ1v) is 22.0. The SMILES string of the molecule is C1=C(c2ccccc2-n2c3ccccc3c3c(-n4c5ccccc5c5ccccc54)cccc32)N=C(n2c3ccccc3c3ccccc32)N=C(n2c3ccccc3c3ccccc32)N1. The molecule has 0 saturated heterocycles. The Bertz CT molecular complexity index is 4060. The van der Waals surface area contributed by atoms with E-state index in [0.717, 1.165) is 77.3 Å². The van der Waals surface area contributed by atoms with E-state index in [4.69, 9.17) is 9.98 Å². The molecule has 1 aliphatic heterocycles. The highest BCUT2D eigenvalue weighted by Crippen LogP contribution is 2.41. The van der Waals surface area contributed by atoms with Crippen molar-refractivity contribution in [1.29, 1.82) is 0 Å². The lowest BCUT2D eigenvalue weighted by molar-refractivity contribution is 1.11. The summed E-state index contributed by atoms with van der Waals surface area (Å²) in [5.74, 6) is 1.21. The molecule has 0 unspecified atom stereocenters. The van der Waals surface area contributed by atoms with Gasteiger partial charge in [0.1, 0.15) is 0 Å². The van der Waals surface area contributed by atoms with Gasteiger partial charge in [0, 0.05) is 54.9 Å².